The van der Waals surface area contributed by atoms with Crippen LogP contribution in [0.3, 0.4) is 0 Å². The van der Waals surface area contributed by atoms with Crippen molar-refractivity contribution >= 4 is 22.7 Å². The first kappa shape index (κ1) is 17.6. The topological polar surface area (TPSA) is 67.0 Å². The average molecular weight is 356 g/mol. The number of benzene rings is 2. The minimum atomic E-state index is -0.377. The number of quaternary nitrogens is 1. The van der Waals surface area contributed by atoms with E-state index in [1.807, 2.05) is 43.0 Å². The monoisotopic (exact) mass is 356 g/mol. The minimum Gasteiger partial charge on any atom is -0.508 e. The quantitative estimate of drug-likeness (QED) is 0.388. The van der Waals surface area contributed by atoms with Crippen LogP contribution in [0.15, 0.2) is 62.6 Å². The second-order valence-electron chi connectivity index (χ2n) is 5.86. The van der Waals surface area contributed by atoms with Crippen molar-refractivity contribution in [1.29, 1.82) is 0 Å². The molecule has 0 atom stereocenters. The third-order valence-corrected chi connectivity index (χ3v) is 5.15. The molecule has 3 aromatic rings. The van der Waals surface area contributed by atoms with Crippen molar-refractivity contribution < 1.29 is 14.8 Å². The van der Waals surface area contributed by atoms with E-state index < -0.39 is 0 Å². The van der Waals surface area contributed by atoms with E-state index in [4.69, 9.17) is 4.42 Å². The van der Waals surface area contributed by atoms with Gasteiger partial charge >= 0.3 is 5.63 Å². The molecule has 0 aliphatic rings. The van der Waals surface area contributed by atoms with Gasteiger partial charge in [0.1, 0.15) is 17.9 Å². The van der Waals surface area contributed by atoms with Crippen LogP contribution in [0.25, 0.3) is 11.0 Å². The molecular weight excluding hydrogens is 334 g/mol. The summed E-state index contributed by atoms with van der Waals surface area (Å²) in [6.45, 7) is 3.66. The van der Waals surface area contributed by atoms with E-state index in [1.165, 1.54) is 4.90 Å². The van der Waals surface area contributed by atoms with Crippen LogP contribution >= 0.6 is 11.8 Å². The number of hydrogen-bond acceptors (Lipinski definition) is 4. The summed E-state index contributed by atoms with van der Waals surface area (Å²) in [6.07, 6.45) is 0.734. The largest absolute Gasteiger partial charge is 0.508 e. The molecule has 0 saturated carbocycles. The van der Waals surface area contributed by atoms with Gasteiger partial charge < -0.3 is 14.8 Å². The van der Waals surface area contributed by atoms with Crippen molar-refractivity contribution in [3.05, 3.63) is 70.1 Å². The van der Waals surface area contributed by atoms with Crippen LogP contribution in [-0.4, -0.2) is 17.4 Å². The first-order valence-electron chi connectivity index (χ1n) is 8.45. The fraction of sp³-hybridized carbons (Fsp3) is 0.250. The first-order chi connectivity index (χ1) is 12.2. The molecule has 0 amide bonds. The number of aryl methyl sites for hydroxylation is 1. The van der Waals surface area contributed by atoms with Gasteiger partial charge in [-0.1, -0.05) is 25.1 Å². The van der Waals surface area contributed by atoms with Crippen LogP contribution in [-0.2, 0) is 13.0 Å². The number of thioether (sulfide) groups is 1. The van der Waals surface area contributed by atoms with Gasteiger partial charge in [-0.15, -0.1) is 11.8 Å². The molecule has 0 radical (unpaired) electrons. The van der Waals surface area contributed by atoms with Crippen LogP contribution in [0.5, 0.6) is 5.75 Å². The Bertz CT molecular complexity index is 906. The van der Waals surface area contributed by atoms with E-state index in [9.17, 15) is 9.90 Å². The molecule has 0 unspecified atom stereocenters. The average Bonchev–Trinajstić information content (AvgIpc) is 2.61. The number of fused-ring (bicyclic) bond motifs is 1. The van der Waals surface area contributed by atoms with Gasteiger partial charge in [0.05, 0.1) is 6.54 Å². The standard InChI is InChI=1S/C20H21NO3S/c1-2-14-10-17-15(11-20(23)24-19(17)12-18(14)22)13-21-8-9-25-16-6-4-3-5-7-16/h3-7,10-12,21-22H,2,8-9,13H2,1H3/p+1. The highest BCUT2D eigenvalue weighted by atomic mass is 32.2. The Hall–Kier alpha value is -2.24. The lowest BCUT2D eigenvalue weighted by atomic mass is 10.0. The molecule has 0 aliphatic heterocycles. The highest BCUT2D eigenvalue weighted by Crippen LogP contribution is 2.26. The Morgan fingerprint density at radius 1 is 1.12 bits per heavy atom. The summed E-state index contributed by atoms with van der Waals surface area (Å²) in [7, 11) is 0. The lowest BCUT2D eigenvalue weighted by Crippen LogP contribution is -2.83. The Kier molecular flexibility index (Phi) is 5.79. The molecule has 1 heterocycles. The predicted octanol–water partition coefficient (Wildman–Crippen LogP) is 2.92. The van der Waals surface area contributed by atoms with E-state index in [0.717, 1.165) is 35.2 Å². The molecule has 0 bridgehead atoms. The van der Waals surface area contributed by atoms with Gasteiger partial charge in [0.2, 0.25) is 0 Å². The van der Waals surface area contributed by atoms with Crippen molar-refractivity contribution in [1.82, 2.24) is 0 Å². The molecule has 5 heteroatoms. The van der Waals surface area contributed by atoms with Crippen LogP contribution in [0.1, 0.15) is 18.1 Å². The Morgan fingerprint density at radius 2 is 1.92 bits per heavy atom. The maximum atomic E-state index is 11.8. The van der Waals surface area contributed by atoms with E-state index in [0.29, 0.717) is 12.1 Å². The number of phenolic OH excluding ortho intramolecular Hbond substituents is 1. The number of phenols is 1. The van der Waals surface area contributed by atoms with Crippen LogP contribution in [0.4, 0.5) is 0 Å². The van der Waals surface area contributed by atoms with Crippen molar-refractivity contribution in [3.63, 3.8) is 0 Å². The number of aromatic hydroxyl groups is 1. The maximum Gasteiger partial charge on any atom is 0.336 e. The zero-order valence-corrected chi connectivity index (χ0v) is 15.0. The van der Waals surface area contributed by atoms with Gasteiger partial charge in [0, 0.05) is 33.7 Å². The second-order valence-corrected chi connectivity index (χ2v) is 7.03. The molecular formula is C20H22NO3S+. The fourth-order valence-corrected chi connectivity index (χ4v) is 3.66. The van der Waals surface area contributed by atoms with Crippen LogP contribution in [0.2, 0.25) is 0 Å². The molecule has 25 heavy (non-hydrogen) atoms. The normalized spacial score (nSPS) is 11.1. The van der Waals surface area contributed by atoms with Crippen molar-refractivity contribution in [2.45, 2.75) is 24.8 Å². The van der Waals surface area contributed by atoms with Crippen LogP contribution < -0.4 is 10.9 Å². The van der Waals surface area contributed by atoms with Gasteiger partial charge in [-0.05, 0) is 30.2 Å². The molecule has 4 nitrogen and oxygen atoms in total. The summed E-state index contributed by atoms with van der Waals surface area (Å²) in [5.41, 5.74) is 1.88. The van der Waals surface area contributed by atoms with Gasteiger partial charge in [0.15, 0.2) is 0 Å². The molecule has 0 spiro atoms. The van der Waals surface area contributed by atoms with Gasteiger partial charge in [-0.2, -0.15) is 0 Å². The number of nitrogens with two attached hydrogens (primary N) is 1. The molecule has 3 N–H and O–H groups in total. The molecule has 3 rings (SSSR count). The first-order valence-corrected chi connectivity index (χ1v) is 9.44. The predicted molar refractivity (Wildman–Crippen MR) is 101 cm³/mol. The smallest absolute Gasteiger partial charge is 0.336 e. The highest BCUT2D eigenvalue weighted by Gasteiger charge is 2.11. The SMILES string of the molecule is CCc1cc2c(C[NH2+]CCSc3ccccc3)cc(=O)oc2cc1O. The molecule has 0 saturated heterocycles. The number of rotatable bonds is 7. The lowest BCUT2D eigenvalue weighted by Gasteiger charge is -2.08. The zero-order valence-electron chi connectivity index (χ0n) is 14.2. The highest BCUT2D eigenvalue weighted by molar-refractivity contribution is 7.99. The molecule has 0 aliphatic carbocycles. The zero-order chi connectivity index (χ0) is 17.6. The van der Waals surface area contributed by atoms with Gasteiger partial charge in [-0.25, -0.2) is 4.79 Å². The summed E-state index contributed by atoms with van der Waals surface area (Å²) in [6, 6.07) is 15.4. The molecule has 130 valence electrons. The van der Waals surface area contributed by atoms with E-state index in [1.54, 1.807) is 12.1 Å². The summed E-state index contributed by atoms with van der Waals surface area (Å²) in [5.74, 6) is 1.18. The van der Waals surface area contributed by atoms with Crippen molar-refractivity contribution in [3.8, 4) is 5.75 Å². The number of hydrogen-bond donors (Lipinski definition) is 2. The summed E-state index contributed by atoms with van der Waals surface area (Å²) < 4.78 is 5.23. The third-order valence-electron chi connectivity index (χ3n) is 4.11. The summed E-state index contributed by atoms with van der Waals surface area (Å²) in [5, 5.41) is 13.1. The maximum absolute atomic E-state index is 11.8. The van der Waals surface area contributed by atoms with E-state index >= 15 is 0 Å². The summed E-state index contributed by atoms with van der Waals surface area (Å²) >= 11 is 1.83. The second kappa shape index (κ2) is 8.23. The Labute approximate surface area is 150 Å². The van der Waals surface area contributed by atoms with Crippen molar-refractivity contribution in [2.75, 3.05) is 12.3 Å². The van der Waals surface area contributed by atoms with Gasteiger partial charge in [0.25, 0.3) is 0 Å². The van der Waals surface area contributed by atoms with E-state index in [2.05, 4.69) is 17.4 Å². The summed E-state index contributed by atoms with van der Waals surface area (Å²) in [4.78, 5) is 13.0. The molecule has 2 aromatic carbocycles. The Balaban J connectivity index is 1.67. The minimum absolute atomic E-state index is 0.179. The Morgan fingerprint density at radius 3 is 2.68 bits per heavy atom. The van der Waals surface area contributed by atoms with Gasteiger partial charge in [-0.3, -0.25) is 0 Å². The lowest BCUT2D eigenvalue weighted by molar-refractivity contribution is -0.666. The van der Waals surface area contributed by atoms with Crippen molar-refractivity contribution in [2.24, 2.45) is 0 Å². The van der Waals surface area contributed by atoms with E-state index in [-0.39, 0.29) is 11.4 Å². The fourth-order valence-electron chi connectivity index (χ4n) is 2.79. The molecule has 0 fully saturated rings. The third kappa shape index (κ3) is 4.44. The van der Waals surface area contributed by atoms with Crippen LogP contribution in [0, 0.1) is 0 Å². The molecule has 1 aromatic heterocycles.